The van der Waals surface area contributed by atoms with E-state index in [0.717, 1.165) is 175 Å². The molecule has 0 unspecified atom stereocenters. The van der Waals surface area contributed by atoms with Crippen LogP contribution in [0.5, 0.6) is 0 Å². The van der Waals surface area contributed by atoms with Gasteiger partial charge in [0.25, 0.3) is 0 Å². The number of rotatable bonds is 10. The van der Waals surface area contributed by atoms with Crippen molar-refractivity contribution in [1.82, 2.24) is 57.3 Å². The molecule has 0 radical (unpaired) electrons. The summed E-state index contributed by atoms with van der Waals surface area (Å²) in [5.41, 5.74) is 20.3. The average molecular weight is 1380 g/mol. The molecule has 0 aliphatic rings. The smallest absolute Gasteiger partial charge is 0.241 e. The van der Waals surface area contributed by atoms with Crippen molar-refractivity contribution in [2.75, 3.05) is 0 Å². The summed E-state index contributed by atoms with van der Waals surface area (Å²) in [5, 5.41) is 12.7. The Morgan fingerprint density at radius 2 is 0.352 bits per heavy atom. The van der Waals surface area contributed by atoms with Crippen LogP contribution >= 0.6 is 0 Å². The fourth-order valence-electron chi connectivity index (χ4n) is 17.2. The van der Waals surface area contributed by atoms with Crippen LogP contribution in [0.4, 0.5) is 0 Å². The SMILES string of the molecule is c1ccc(-c2ccc3c(c2)c2cc(-c4ccccc4)ccc2n3-c2nc(-n3c4ccc(-c5ccccc5)cc4c4cc(-c5ccccc5)ccc43)nc(-n3c4ccccc4c4ccc5c(c6ccccc6n5-c5nc(-n6c7ccccc7c7ccccc76)nc(-n6c7ccccc7c7ccccc76)n5)c43)n2)cc1. The predicted molar refractivity (Wildman–Crippen MR) is 441 cm³/mol. The number of hydrogen-bond donors (Lipinski definition) is 0. The molecule has 0 aliphatic heterocycles. The Hall–Kier alpha value is -14.9. The van der Waals surface area contributed by atoms with Crippen LogP contribution in [0.15, 0.2) is 352 Å². The molecule has 15 aromatic carbocycles. The minimum absolute atomic E-state index is 0.432. The third-order valence-electron chi connectivity index (χ3n) is 22.0. The fourth-order valence-corrected chi connectivity index (χ4v) is 17.2. The van der Waals surface area contributed by atoms with Crippen molar-refractivity contribution in [1.29, 1.82) is 0 Å². The van der Waals surface area contributed by atoms with Crippen molar-refractivity contribution in [2.24, 2.45) is 0 Å². The van der Waals surface area contributed by atoms with E-state index >= 15 is 0 Å². The summed E-state index contributed by atoms with van der Waals surface area (Å²) in [6.45, 7) is 0. The molecule has 0 saturated heterocycles. The maximum Gasteiger partial charge on any atom is 0.241 e. The van der Waals surface area contributed by atoms with Crippen molar-refractivity contribution in [3.8, 4) is 80.2 Å². The second-order valence-electron chi connectivity index (χ2n) is 27.8. The van der Waals surface area contributed by atoms with E-state index in [1.807, 2.05) is 0 Å². The highest BCUT2D eigenvalue weighted by Gasteiger charge is 2.29. The van der Waals surface area contributed by atoms with Gasteiger partial charge in [-0.3, -0.25) is 27.4 Å². The van der Waals surface area contributed by atoms with Gasteiger partial charge in [0.2, 0.25) is 35.7 Å². The molecule has 12 nitrogen and oxygen atoms in total. The van der Waals surface area contributed by atoms with Crippen LogP contribution in [0.25, 0.3) is 211 Å². The van der Waals surface area contributed by atoms with Gasteiger partial charge in [-0.15, -0.1) is 0 Å². The van der Waals surface area contributed by atoms with Gasteiger partial charge in [-0.2, -0.15) is 29.9 Å². The van der Waals surface area contributed by atoms with Gasteiger partial charge in [0.1, 0.15) is 0 Å². The monoisotopic (exact) mass is 1380 g/mol. The summed E-state index contributed by atoms with van der Waals surface area (Å²) in [5.74, 6) is 2.75. The molecule has 0 amide bonds. The van der Waals surface area contributed by atoms with Gasteiger partial charge in [-0.05, 0) is 136 Å². The lowest BCUT2D eigenvalue weighted by molar-refractivity contribution is 0.847. The minimum atomic E-state index is 0.432. The van der Waals surface area contributed by atoms with E-state index in [9.17, 15) is 0 Å². The van der Waals surface area contributed by atoms with Crippen molar-refractivity contribution < 1.29 is 0 Å². The average Bonchev–Trinajstić information content (AvgIpc) is 1.54. The Balaban J connectivity index is 0.834. The van der Waals surface area contributed by atoms with Gasteiger partial charge < -0.3 is 0 Å². The first-order valence-corrected chi connectivity index (χ1v) is 36.4. The summed E-state index contributed by atoms with van der Waals surface area (Å²) in [6, 6.07) is 125. The van der Waals surface area contributed by atoms with Gasteiger partial charge >= 0.3 is 0 Å². The molecule has 502 valence electrons. The molecule has 0 atom stereocenters. The highest BCUT2D eigenvalue weighted by atomic mass is 15.3. The standard InChI is InChI=1S/C96H58N12/c1-5-25-59(26-6-1)63-45-50-84-74(55-63)75-56-64(60-27-7-2-8-28-60)46-51-85(75)105(84)93-98-94(106-86-52-47-65(61-29-9-3-10-30-61)57-76(86)77-58-66(48-53-87(77)106)62-31-11-4-12-32-62)102-96(101-93)108-82-43-23-17-37-71(82)72-49-54-88-89(90(72)108)73-38-18-24-44-83(73)107(88)95-99-91(103-78-39-19-13-33-67(78)68-34-14-20-40-79(68)103)97-92(100-95)104-80-41-21-15-35-69(80)70-36-16-22-42-81(70)104/h1-58H. The zero-order valence-corrected chi connectivity index (χ0v) is 57.9. The molecular weight excluding hydrogens is 1320 g/mol. The molecule has 8 heterocycles. The Morgan fingerprint density at radius 1 is 0.139 bits per heavy atom. The molecule has 0 saturated carbocycles. The highest BCUT2D eigenvalue weighted by Crippen LogP contribution is 2.45. The Bertz CT molecular complexity index is 7020. The van der Waals surface area contributed by atoms with Gasteiger partial charge in [0, 0.05) is 64.6 Å². The van der Waals surface area contributed by atoms with E-state index in [2.05, 4.69) is 379 Å². The number of para-hydroxylation sites is 6. The lowest BCUT2D eigenvalue weighted by Crippen LogP contribution is -2.13. The summed E-state index contributed by atoms with van der Waals surface area (Å²) in [6.07, 6.45) is 0. The van der Waals surface area contributed by atoms with Crippen LogP contribution in [-0.4, -0.2) is 57.3 Å². The summed E-state index contributed by atoms with van der Waals surface area (Å²) in [7, 11) is 0. The molecule has 23 aromatic rings. The first-order valence-electron chi connectivity index (χ1n) is 36.4. The van der Waals surface area contributed by atoms with E-state index in [1.165, 1.54) is 0 Å². The Morgan fingerprint density at radius 3 is 0.657 bits per heavy atom. The molecule has 23 rings (SSSR count). The van der Waals surface area contributed by atoms with E-state index in [-0.39, 0.29) is 0 Å². The molecular formula is C96H58N12. The first-order chi connectivity index (χ1) is 53.6. The van der Waals surface area contributed by atoms with Crippen LogP contribution < -0.4 is 0 Å². The van der Waals surface area contributed by atoms with Crippen molar-refractivity contribution in [3.63, 3.8) is 0 Å². The van der Waals surface area contributed by atoms with Gasteiger partial charge in [0.15, 0.2) is 0 Å². The predicted octanol–water partition coefficient (Wildman–Crippen LogP) is 23.3. The quantitative estimate of drug-likeness (QED) is 0.135. The molecule has 108 heavy (non-hydrogen) atoms. The Kier molecular flexibility index (Phi) is 12.9. The van der Waals surface area contributed by atoms with E-state index in [4.69, 9.17) is 29.9 Å². The highest BCUT2D eigenvalue weighted by molar-refractivity contribution is 6.26. The molecule has 8 aromatic heterocycles. The lowest BCUT2D eigenvalue weighted by atomic mass is 10.0. The maximum absolute atomic E-state index is 5.93. The Labute approximate surface area is 616 Å². The molecule has 0 aliphatic carbocycles. The number of fused-ring (bicyclic) bond motifs is 19. The van der Waals surface area contributed by atoms with E-state index < -0.39 is 0 Å². The third-order valence-corrected chi connectivity index (χ3v) is 22.0. The number of nitrogens with zero attached hydrogens (tertiary/aromatic N) is 12. The van der Waals surface area contributed by atoms with Crippen LogP contribution in [0.1, 0.15) is 0 Å². The third kappa shape index (κ3) is 8.91. The van der Waals surface area contributed by atoms with Gasteiger partial charge in [-0.25, -0.2) is 0 Å². The lowest BCUT2D eigenvalue weighted by Gasteiger charge is -2.15. The largest absolute Gasteiger partial charge is 0.278 e. The maximum atomic E-state index is 5.93. The zero-order valence-electron chi connectivity index (χ0n) is 57.9. The van der Waals surface area contributed by atoms with E-state index in [0.29, 0.717) is 35.7 Å². The van der Waals surface area contributed by atoms with Crippen molar-refractivity contribution in [3.05, 3.63) is 352 Å². The summed E-state index contributed by atoms with van der Waals surface area (Å²) in [4.78, 5) is 34.7. The zero-order chi connectivity index (χ0) is 70.7. The van der Waals surface area contributed by atoms with Gasteiger partial charge in [0.05, 0.1) is 66.2 Å². The second-order valence-corrected chi connectivity index (χ2v) is 27.8. The molecule has 0 spiro atoms. The number of benzene rings is 15. The van der Waals surface area contributed by atoms with Crippen LogP contribution in [0.3, 0.4) is 0 Å². The topological polar surface area (TPSA) is 107 Å². The van der Waals surface area contributed by atoms with Crippen molar-refractivity contribution >= 4 is 131 Å². The fraction of sp³-hybridized carbons (Fsp3) is 0. The van der Waals surface area contributed by atoms with Crippen LogP contribution in [0, 0.1) is 0 Å². The van der Waals surface area contributed by atoms with Crippen LogP contribution in [0.2, 0.25) is 0 Å². The molecule has 0 bridgehead atoms. The number of hydrogen-bond acceptors (Lipinski definition) is 6. The second kappa shape index (κ2) is 23.3. The summed E-state index contributed by atoms with van der Waals surface area (Å²) >= 11 is 0. The van der Waals surface area contributed by atoms with E-state index in [1.54, 1.807) is 0 Å². The normalized spacial score (nSPS) is 12.1. The first kappa shape index (κ1) is 59.6. The molecule has 12 heteroatoms. The van der Waals surface area contributed by atoms with Crippen LogP contribution in [-0.2, 0) is 0 Å². The van der Waals surface area contributed by atoms with Gasteiger partial charge in [-0.1, -0.05) is 261 Å². The summed E-state index contributed by atoms with van der Waals surface area (Å²) < 4.78 is 13.4. The minimum Gasteiger partial charge on any atom is -0.278 e. The van der Waals surface area contributed by atoms with Crippen molar-refractivity contribution in [2.45, 2.75) is 0 Å². The number of aromatic nitrogens is 12. The molecule has 0 fully saturated rings. The molecule has 0 N–H and O–H groups in total.